The number of unbranched alkanes of at least 4 members (excludes halogenated alkanes) is 1. The fraction of sp³-hybridized carbons (Fsp3) is 0.429. The number of fused-ring (bicyclic) bond motifs is 1. The van der Waals surface area contributed by atoms with Crippen LogP contribution >= 0.6 is 0 Å². The van der Waals surface area contributed by atoms with Crippen molar-refractivity contribution in [3.8, 4) is 11.8 Å². The number of benzene rings is 1. The van der Waals surface area contributed by atoms with Crippen LogP contribution in [0.4, 0.5) is 5.69 Å². The van der Waals surface area contributed by atoms with Gasteiger partial charge in [-0.25, -0.2) is 0 Å². The normalized spacial score (nSPS) is 13.7. The molecule has 0 aromatic heterocycles. The summed E-state index contributed by atoms with van der Waals surface area (Å²) in [7, 11) is 1.88. The van der Waals surface area contributed by atoms with Gasteiger partial charge in [0.05, 0.1) is 11.8 Å². The van der Waals surface area contributed by atoms with Gasteiger partial charge < -0.3 is 15.0 Å². The third-order valence-corrected chi connectivity index (χ3v) is 3.02. The quantitative estimate of drug-likeness (QED) is 0.812. The monoisotopic (exact) mass is 259 g/mol. The van der Waals surface area contributed by atoms with Gasteiger partial charge in [0.25, 0.3) is 5.91 Å². The Morgan fingerprint density at radius 3 is 3.11 bits per heavy atom. The summed E-state index contributed by atoms with van der Waals surface area (Å²) in [5.74, 6) is 0.684. The zero-order valence-electron chi connectivity index (χ0n) is 11.0. The minimum Gasteiger partial charge on any atom is -0.482 e. The molecule has 0 radical (unpaired) electrons. The van der Waals surface area contributed by atoms with E-state index in [4.69, 9.17) is 10.00 Å². The maximum Gasteiger partial charge on any atom is 0.265 e. The Kier molecular flexibility index (Phi) is 4.37. The third-order valence-electron chi connectivity index (χ3n) is 3.02. The van der Waals surface area contributed by atoms with Gasteiger partial charge in [-0.3, -0.25) is 4.79 Å². The summed E-state index contributed by atoms with van der Waals surface area (Å²) < 4.78 is 5.43. The Morgan fingerprint density at radius 2 is 2.37 bits per heavy atom. The maximum atomic E-state index is 11.9. The van der Waals surface area contributed by atoms with Crippen LogP contribution in [0.15, 0.2) is 18.2 Å². The van der Waals surface area contributed by atoms with Crippen LogP contribution in [0.25, 0.3) is 0 Å². The number of nitrogens with one attached hydrogen (secondary N) is 1. The largest absolute Gasteiger partial charge is 0.482 e. The third kappa shape index (κ3) is 3.04. The molecule has 1 aromatic rings. The molecule has 0 bridgehead atoms. The van der Waals surface area contributed by atoms with Gasteiger partial charge in [-0.05, 0) is 31.2 Å². The SMILES string of the molecule is CNCc1ccc2c(c1)N(CCCC#N)C(=O)CO2. The first-order chi connectivity index (χ1) is 9.26. The number of rotatable bonds is 5. The van der Waals surface area contributed by atoms with E-state index in [9.17, 15) is 4.79 Å². The van der Waals surface area contributed by atoms with Crippen LogP contribution in [0.2, 0.25) is 0 Å². The van der Waals surface area contributed by atoms with Gasteiger partial charge in [-0.1, -0.05) is 6.07 Å². The van der Waals surface area contributed by atoms with Gasteiger partial charge in [0, 0.05) is 19.5 Å². The van der Waals surface area contributed by atoms with E-state index in [1.807, 2.05) is 25.2 Å². The highest BCUT2D eigenvalue weighted by Gasteiger charge is 2.25. The topological polar surface area (TPSA) is 65.4 Å². The molecule has 0 spiro atoms. The summed E-state index contributed by atoms with van der Waals surface area (Å²) in [6.45, 7) is 1.38. The van der Waals surface area contributed by atoms with Crippen molar-refractivity contribution in [1.82, 2.24) is 5.32 Å². The van der Waals surface area contributed by atoms with E-state index in [1.54, 1.807) is 4.90 Å². The van der Waals surface area contributed by atoms with E-state index >= 15 is 0 Å². The number of hydrogen-bond acceptors (Lipinski definition) is 4. The van der Waals surface area contributed by atoms with Crippen LogP contribution in [0, 0.1) is 11.3 Å². The highest BCUT2D eigenvalue weighted by atomic mass is 16.5. The molecule has 1 aliphatic heterocycles. The Balaban J connectivity index is 2.22. The van der Waals surface area contributed by atoms with E-state index < -0.39 is 0 Å². The Bertz CT molecular complexity index is 508. The van der Waals surface area contributed by atoms with Crippen molar-refractivity contribution < 1.29 is 9.53 Å². The molecule has 0 unspecified atom stereocenters. The molecular formula is C14H17N3O2. The lowest BCUT2D eigenvalue weighted by molar-refractivity contribution is -0.121. The number of nitrogens with zero attached hydrogens (tertiary/aromatic N) is 2. The minimum atomic E-state index is -0.0490. The van der Waals surface area contributed by atoms with Crippen molar-refractivity contribution in [3.05, 3.63) is 23.8 Å². The average Bonchev–Trinajstić information content (AvgIpc) is 2.42. The Hall–Kier alpha value is -2.06. The molecule has 1 heterocycles. The first kappa shape index (κ1) is 13.4. The number of hydrogen-bond donors (Lipinski definition) is 1. The molecule has 1 aliphatic rings. The summed E-state index contributed by atoms with van der Waals surface area (Å²) in [5.41, 5.74) is 1.91. The zero-order valence-corrected chi connectivity index (χ0v) is 11.0. The molecule has 0 aliphatic carbocycles. The first-order valence-corrected chi connectivity index (χ1v) is 6.34. The summed E-state index contributed by atoms with van der Waals surface area (Å²) in [4.78, 5) is 13.6. The van der Waals surface area contributed by atoms with Crippen molar-refractivity contribution in [2.24, 2.45) is 0 Å². The van der Waals surface area contributed by atoms with Gasteiger partial charge >= 0.3 is 0 Å². The molecule has 1 N–H and O–H groups in total. The predicted octanol–water partition coefficient (Wildman–Crippen LogP) is 1.44. The van der Waals surface area contributed by atoms with Crippen molar-refractivity contribution >= 4 is 11.6 Å². The smallest absolute Gasteiger partial charge is 0.265 e. The lowest BCUT2D eigenvalue weighted by Gasteiger charge is -2.29. The summed E-state index contributed by atoms with van der Waals surface area (Å²) in [6, 6.07) is 7.95. The highest BCUT2D eigenvalue weighted by Crippen LogP contribution is 2.33. The molecule has 0 saturated carbocycles. The number of carbonyl (C=O) groups is 1. The van der Waals surface area contributed by atoms with Gasteiger partial charge in [0.15, 0.2) is 6.61 Å². The Morgan fingerprint density at radius 1 is 1.53 bits per heavy atom. The van der Waals surface area contributed by atoms with E-state index in [0.717, 1.165) is 23.5 Å². The van der Waals surface area contributed by atoms with Gasteiger partial charge in [0.1, 0.15) is 5.75 Å². The number of carbonyl (C=O) groups excluding carboxylic acids is 1. The molecule has 100 valence electrons. The summed E-state index contributed by atoms with van der Waals surface area (Å²) >= 11 is 0. The van der Waals surface area contributed by atoms with Crippen molar-refractivity contribution in [2.75, 3.05) is 25.1 Å². The average molecular weight is 259 g/mol. The number of amides is 1. The second kappa shape index (κ2) is 6.21. The molecule has 0 atom stereocenters. The number of anilines is 1. The molecule has 5 heteroatoms. The molecule has 1 aromatic carbocycles. The number of ether oxygens (including phenoxy) is 1. The van der Waals surface area contributed by atoms with E-state index in [0.29, 0.717) is 19.4 Å². The van der Waals surface area contributed by atoms with Crippen LogP contribution in [0.3, 0.4) is 0 Å². The fourth-order valence-electron chi connectivity index (χ4n) is 2.12. The molecule has 0 fully saturated rings. The van der Waals surface area contributed by atoms with E-state index in [1.165, 1.54) is 0 Å². The van der Waals surface area contributed by atoms with E-state index in [2.05, 4.69) is 11.4 Å². The standard InChI is InChI=1S/C14H17N3O2/c1-16-9-11-4-5-13-12(8-11)17(7-3-2-6-15)14(18)10-19-13/h4-5,8,16H,2-3,7,9-10H2,1H3. The molecule has 0 saturated heterocycles. The molecular weight excluding hydrogens is 242 g/mol. The predicted molar refractivity (Wildman–Crippen MR) is 71.9 cm³/mol. The van der Waals surface area contributed by atoms with Crippen molar-refractivity contribution in [1.29, 1.82) is 5.26 Å². The maximum absolute atomic E-state index is 11.9. The zero-order chi connectivity index (χ0) is 13.7. The van der Waals surface area contributed by atoms with Crippen molar-refractivity contribution in [2.45, 2.75) is 19.4 Å². The van der Waals surface area contributed by atoms with Crippen LogP contribution in [-0.4, -0.2) is 26.1 Å². The van der Waals surface area contributed by atoms with Crippen LogP contribution in [0.5, 0.6) is 5.75 Å². The fourth-order valence-corrected chi connectivity index (χ4v) is 2.12. The van der Waals surface area contributed by atoms with Gasteiger partial charge in [0.2, 0.25) is 0 Å². The van der Waals surface area contributed by atoms with Gasteiger partial charge in [-0.15, -0.1) is 0 Å². The highest BCUT2D eigenvalue weighted by molar-refractivity contribution is 5.97. The first-order valence-electron chi connectivity index (χ1n) is 6.34. The van der Waals surface area contributed by atoms with E-state index in [-0.39, 0.29) is 12.5 Å². The second-order valence-corrected chi connectivity index (χ2v) is 4.43. The second-order valence-electron chi connectivity index (χ2n) is 4.43. The van der Waals surface area contributed by atoms with Crippen molar-refractivity contribution in [3.63, 3.8) is 0 Å². The molecule has 5 nitrogen and oxygen atoms in total. The van der Waals surface area contributed by atoms with Gasteiger partial charge in [-0.2, -0.15) is 5.26 Å². The molecule has 19 heavy (non-hydrogen) atoms. The van der Waals surface area contributed by atoms with Crippen LogP contribution < -0.4 is 15.0 Å². The van der Waals surface area contributed by atoms with Crippen LogP contribution in [0.1, 0.15) is 18.4 Å². The molecule has 2 rings (SSSR count). The Labute approximate surface area is 112 Å². The summed E-state index contributed by atoms with van der Waals surface area (Å²) in [5, 5.41) is 11.7. The minimum absolute atomic E-state index is 0.0490. The lowest BCUT2D eigenvalue weighted by atomic mass is 10.1. The summed E-state index contributed by atoms with van der Waals surface area (Å²) in [6.07, 6.45) is 1.13. The number of nitriles is 1. The molecule has 1 amide bonds. The lowest BCUT2D eigenvalue weighted by Crippen LogP contribution is -2.39. The van der Waals surface area contributed by atoms with Crippen LogP contribution in [-0.2, 0) is 11.3 Å².